The van der Waals surface area contributed by atoms with Crippen molar-refractivity contribution in [1.29, 1.82) is 0 Å². The molecule has 1 aromatic rings. The van der Waals surface area contributed by atoms with Crippen LogP contribution >= 0.6 is 0 Å². The van der Waals surface area contributed by atoms with Crippen molar-refractivity contribution >= 4 is 17.6 Å². The number of pyridine rings is 1. The molecule has 0 radical (unpaired) electrons. The second kappa shape index (κ2) is 5.62. The van der Waals surface area contributed by atoms with Gasteiger partial charge in [-0.1, -0.05) is 6.07 Å². The van der Waals surface area contributed by atoms with Crippen molar-refractivity contribution in [1.82, 2.24) is 10.3 Å². The van der Waals surface area contributed by atoms with Crippen LogP contribution in [-0.2, 0) is 9.59 Å². The van der Waals surface area contributed by atoms with Crippen molar-refractivity contribution in [3.8, 4) is 0 Å². The number of rotatable bonds is 4. The number of carbonyl (C=O) groups excluding carboxylic acids is 2. The smallest absolute Gasteiger partial charge is 0.244 e. The Bertz CT molecular complexity index is 579. The molecule has 0 spiro atoms. The third-order valence-electron chi connectivity index (χ3n) is 5.86. The van der Waals surface area contributed by atoms with E-state index in [1.54, 1.807) is 18.3 Å². The largest absolute Gasteiger partial charge is 0.347 e. The number of nitrogens with one attached hydrogen (secondary N) is 2. The highest BCUT2D eigenvalue weighted by molar-refractivity contribution is 5.94. The Morgan fingerprint density at radius 3 is 2.30 bits per heavy atom. The molecule has 0 unspecified atom stereocenters. The van der Waals surface area contributed by atoms with E-state index in [9.17, 15) is 9.59 Å². The van der Waals surface area contributed by atoms with Crippen LogP contribution < -0.4 is 10.6 Å². The van der Waals surface area contributed by atoms with Gasteiger partial charge in [-0.2, -0.15) is 0 Å². The Morgan fingerprint density at radius 1 is 1.09 bits per heavy atom. The lowest BCUT2D eigenvalue weighted by molar-refractivity contribution is -0.146. The minimum Gasteiger partial charge on any atom is -0.347 e. The van der Waals surface area contributed by atoms with Crippen molar-refractivity contribution in [2.45, 2.75) is 38.5 Å². The van der Waals surface area contributed by atoms with E-state index >= 15 is 0 Å². The van der Waals surface area contributed by atoms with E-state index in [0.29, 0.717) is 5.82 Å². The van der Waals surface area contributed by atoms with Crippen LogP contribution in [0, 0.1) is 23.2 Å². The molecule has 122 valence electrons. The molecular formula is C18H23N3O2. The molecule has 4 saturated carbocycles. The summed E-state index contributed by atoms with van der Waals surface area (Å²) in [6, 6.07) is 5.35. The molecular weight excluding hydrogens is 290 g/mol. The van der Waals surface area contributed by atoms with Crippen LogP contribution in [0.2, 0.25) is 0 Å². The van der Waals surface area contributed by atoms with Crippen molar-refractivity contribution < 1.29 is 9.59 Å². The van der Waals surface area contributed by atoms with Gasteiger partial charge in [0.05, 0.1) is 6.54 Å². The number of nitrogens with zero attached hydrogens (tertiary/aromatic N) is 1. The molecule has 23 heavy (non-hydrogen) atoms. The molecule has 0 aliphatic heterocycles. The van der Waals surface area contributed by atoms with Crippen LogP contribution in [0.1, 0.15) is 38.5 Å². The van der Waals surface area contributed by atoms with E-state index < -0.39 is 0 Å². The minimum atomic E-state index is -0.221. The third-order valence-corrected chi connectivity index (χ3v) is 5.86. The van der Waals surface area contributed by atoms with Gasteiger partial charge in [-0.05, 0) is 68.4 Å². The fourth-order valence-corrected chi connectivity index (χ4v) is 5.36. The second-order valence-electron chi connectivity index (χ2n) is 7.64. The molecule has 5 rings (SSSR count). The molecule has 1 heterocycles. The first-order valence-electron chi connectivity index (χ1n) is 8.62. The molecule has 5 heteroatoms. The van der Waals surface area contributed by atoms with Crippen molar-refractivity contribution in [2.24, 2.45) is 23.2 Å². The van der Waals surface area contributed by atoms with Gasteiger partial charge in [0, 0.05) is 11.6 Å². The summed E-state index contributed by atoms with van der Waals surface area (Å²) in [4.78, 5) is 28.8. The highest BCUT2D eigenvalue weighted by atomic mass is 16.2. The lowest BCUT2D eigenvalue weighted by atomic mass is 9.49. The molecule has 4 bridgehead atoms. The van der Waals surface area contributed by atoms with Crippen molar-refractivity contribution in [3.05, 3.63) is 24.4 Å². The Labute approximate surface area is 136 Å². The van der Waals surface area contributed by atoms with Gasteiger partial charge in [0.25, 0.3) is 0 Å². The molecule has 4 aliphatic rings. The highest BCUT2D eigenvalue weighted by Crippen LogP contribution is 2.60. The minimum absolute atomic E-state index is 0.0250. The number of hydrogen-bond donors (Lipinski definition) is 2. The van der Waals surface area contributed by atoms with Crippen molar-refractivity contribution in [2.75, 3.05) is 11.9 Å². The van der Waals surface area contributed by atoms with Crippen LogP contribution in [-0.4, -0.2) is 23.3 Å². The summed E-state index contributed by atoms with van der Waals surface area (Å²) < 4.78 is 0. The summed E-state index contributed by atoms with van der Waals surface area (Å²) >= 11 is 0. The van der Waals surface area contributed by atoms with Gasteiger partial charge in [0.1, 0.15) is 5.82 Å². The number of hydrogen-bond acceptors (Lipinski definition) is 3. The number of amides is 2. The lowest BCUT2D eigenvalue weighted by Crippen LogP contribution is -2.54. The zero-order valence-electron chi connectivity index (χ0n) is 13.3. The Balaban J connectivity index is 1.34. The second-order valence-corrected chi connectivity index (χ2v) is 7.64. The summed E-state index contributed by atoms with van der Waals surface area (Å²) in [5, 5.41) is 5.59. The van der Waals surface area contributed by atoms with E-state index in [4.69, 9.17) is 0 Å². The molecule has 5 nitrogen and oxygen atoms in total. The van der Waals surface area contributed by atoms with Gasteiger partial charge >= 0.3 is 0 Å². The Hall–Kier alpha value is -1.91. The van der Waals surface area contributed by atoms with E-state index in [1.165, 1.54) is 19.3 Å². The molecule has 2 amide bonds. The van der Waals surface area contributed by atoms with E-state index in [2.05, 4.69) is 15.6 Å². The average molecular weight is 313 g/mol. The predicted octanol–water partition coefficient (Wildman–Crippen LogP) is 2.35. The molecule has 0 saturated heterocycles. The van der Waals surface area contributed by atoms with E-state index in [-0.39, 0.29) is 23.8 Å². The quantitative estimate of drug-likeness (QED) is 0.896. The summed E-state index contributed by atoms with van der Waals surface area (Å²) in [5.74, 6) is 2.58. The van der Waals surface area contributed by atoms with Gasteiger partial charge in [-0.15, -0.1) is 0 Å². The van der Waals surface area contributed by atoms with E-state index in [1.807, 2.05) is 6.07 Å². The number of aromatic nitrogens is 1. The van der Waals surface area contributed by atoms with Crippen molar-refractivity contribution in [3.63, 3.8) is 0 Å². The standard InChI is InChI=1S/C18H23N3O2/c22-16(21-15-3-1-2-4-19-15)11-20-17(23)18-8-12-5-13(9-18)7-14(6-12)10-18/h1-4,12-14H,5-11H2,(H,20,23)(H,19,21,22). The maximum atomic E-state index is 12.7. The number of carbonyl (C=O) groups is 2. The predicted molar refractivity (Wildman–Crippen MR) is 86.5 cm³/mol. The molecule has 1 aromatic heterocycles. The van der Waals surface area contributed by atoms with Crippen LogP contribution in [0.25, 0.3) is 0 Å². The lowest BCUT2D eigenvalue weighted by Gasteiger charge is -2.55. The molecule has 2 N–H and O–H groups in total. The van der Waals surface area contributed by atoms with Crippen LogP contribution in [0.3, 0.4) is 0 Å². The van der Waals surface area contributed by atoms with Gasteiger partial charge < -0.3 is 10.6 Å². The maximum Gasteiger partial charge on any atom is 0.244 e. The molecule has 0 aromatic carbocycles. The fraction of sp³-hybridized carbons (Fsp3) is 0.611. The molecule has 4 fully saturated rings. The van der Waals surface area contributed by atoms with Gasteiger partial charge in [-0.25, -0.2) is 4.98 Å². The van der Waals surface area contributed by atoms with Gasteiger partial charge in [0.15, 0.2) is 0 Å². The summed E-state index contributed by atoms with van der Waals surface area (Å²) in [5.41, 5.74) is -0.194. The van der Waals surface area contributed by atoms with Gasteiger partial charge in [0.2, 0.25) is 11.8 Å². The Kier molecular flexibility index (Phi) is 3.58. The maximum absolute atomic E-state index is 12.7. The van der Waals surface area contributed by atoms with Crippen LogP contribution in [0.15, 0.2) is 24.4 Å². The molecule has 0 atom stereocenters. The number of anilines is 1. The first-order valence-corrected chi connectivity index (χ1v) is 8.62. The normalized spacial score (nSPS) is 34.2. The summed E-state index contributed by atoms with van der Waals surface area (Å²) in [7, 11) is 0. The topological polar surface area (TPSA) is 71.1 Å². The highest BCUT2D eigenvalue weighted by Gasteiger charge is 2.54. The first kappa shape index (κ1) is 14.7. The van der Waals surface area contributed by atoms with Crippen LogP contribution in [0.5, 0.6) is 0 Å². The van der Waals surface area contributed by atoms with Gasteiger partial charge in [-0.3, -0.25) is 9.59 Å². The zero-order chi connectivity index (χ0) is 15.9. The monoisotopic (exact) mass is 313 g/mol. The first-order chi connectivity index (χ1) is 11.1. The summed E-state index contributed by atoms with van der Waals surface area (Å²) in [6.07, 6.45) is 8.63. The van der Waals surface area contributed by atoms with Crippen LogP contribution in [0.4, 0.5) is 5.82 Å². The fourth-order valence-electron chi connectivity index (χ4n) is 5.36. The SMILES string of the molecule is O=C(CNC(=O)C12CC3CC(CC(C3)C1)C2)Nc1ccccn1. The Morgan fingerprint density at radius 2 is 1.74 bits per heavy atom. The zero-order valence-corrected chi connectivity index (χ0v) is 13.3. The third kappa shape index (κ3) is 2.84. The van der Waals surface area contributed by atoms with E-state index in [0.717, 1.165) is 37.0 Å². The molecule has 4 aliphatic carbocycles. The average Bonchev–Trinajstić information content (AvgIpc) is 2.52. The summed E-state index contributed by atoms with van der Waals surface area (Å²) in [6.45, 7) is 0.0250.